The van der Waals surface area contributed by atoms with Gasteiger partial charge >= 0.3 is 0 Å². The lowest BCUT2D eigenvalue weighted by Gasteiger charge is -2.33. The fraction of sp³-hybridized carbons (Fsp3) is 0.545. The lowest BCUT2D eigenvalue weighted by molar-refractivity contribution is 0.0297. The molecule has 9 nitrogen and oxygen atoms in total. The van der Waals surface area contributed by atoms with E-state index in [4.69, 9.17) is 25.2 Å². The first kappa shape index (κ1) is 20.0. The molecule has 0 saturated carbocycles. The molecule has 0 aliphatic carbocycles. The number of nitrogens with zero attached hydrogens (tertiary/aromatic N) is 5. The number of hydrogen-bond acceptors (Lipinski definition) is 8. The number of carbonyl (C=O) groups is 1. The van der Waals surface area contributed by atoms with Crippen molar-refractivity contribution < 1.29 is 14.3 Å². The van der Waals surface area contributed by atoms with Crippen molar-refractivity contribution in [2.45, 2.75) is 51.4 Å². The van der Waals surface area contributed by atoms with E-state index in [1.165, 1.54) is 0 Å². The van der Waals surface area contributed by atoms with Gasteiger partial charge in [-0.3, -0.25) is 4.79 Å². The molecule has 3 aliphatic rings. The molecule has 31 heavy (non-hydrogen) atoms. The molecule has 2 aromatic heterocycles. The van der Waals surface area contributed by atoms with Gasteiger partial charge in [-0.25, -0.2) is 9.97 Å². The number of ether oxygens (including phenoxy) is 2. The molecule has 0 aromatic carbocycles. The third kappa shape index (κ3) is 3.67. The molecular weight excluding hydrogens is 396 g/mol. The number of nitrogen functional groups attached to an aromatic ring is 1. The van der Waals surface area contributed by atoms with Crippen LogP contribution in [0.2, 0.25) is 0 Å². The van der Waals surface area contributed by atoms with Crippen LogP contribution in [0.4, 0.5) is 11.8 Å². The first-order valence-electron chi connectivity index (χ1n) is 10.9. The maximum absolute atomic E-state index is 13.5. The molecule has 3 aliphatic heterocycles. The van der Waals surface area contributed by atoms with Gasteiger partial charge in [0.25, 0.3) is 5.91 Å². The zero-order valence-electron chi connectivity index (χ0n) is 18.2. The van der Waals surface area contributed by atoms with Crippen LogP contribution in [0.5, 0.6) is 5.88 Å². The van der Waals surface area contributed by atoms with E-state index in [-0.39, 0.29) is 18.1 Å². The summed E-state index contributed by atoms with van der Waals surface area (Å²) in [4.78, 5) is 31.3. The summed E-state index contributed by atoms with van der Waals surface area (Å²) in [6, 6.07) is 3.54. The predicted molar refractivity (Wildman–Crippen MR) is 116 cm³/mol. The SMILES string of the molecule is CCN1CC(C)(C)Oc2nc(N3CC4CCC(C3)O4)nc(-c3ccc(N)nc3)c2C1=O. The molecule has 9 heteroatoms. The molecule has 0 spiro atoms. The van der Waals surface area contributed by atoms with Gasteiger partial charge in [-0.15, -0.1) is 0 Å². The van der Waals surface area contributed by atoms with E-state index in [2.05, 4.69) is 9.88 Å². The molecule has 2 bridgehead atoms. The van der Waals surface area contributed by atoms with Gasteiger partial charge < -0.3 is 25.0 Å². The highest BCUT2D eigenvalue weighted by atomic mass is 16.5. The zero-order valence-corrected chi connectivity index (χ0v) is 18.2. The average molecular weight is 425 g/mol. The number of hydrogen-bond donors (Lipinski definition) is 1. The molecule has 2 saturated heterocycles. The van der Waals surface area contributed by atoms with Gasteiger partial charge in [0.05, 0.1) is 24.4 Å². The van der Waals surface area contributed by atoms with Crippen molar-refractivity contribution in [3.8, 4) is 17.1 Å². The lowest BCUT2D eigenvalue weighted by Crippen LogP contribution is -2.43. The van der Waals surface area contributed by atoms with Crippen LogP contribution in [-0.2, 0) is 4.74 Å². The average Bonchev–Trinajstić information content (AvgIpc) is 3.03. The van der Waals surface area contributed by atoms with Gasteiger partial charge in [0.15, 0.2) is 0 Å². The minimum Gasteiger partial charge on any atom is -0.469 e. The van der Waals surface area contributed by atoms with E-state index in [1.54, 1.807) is 17.2 Å². The Hall–Kier alpha value is -2.94. The third-order valence-corrected chi connectivity index (χ3v) is 6.08. The Kier molecular flexibility index (Phi) is 4.73. The molecule has 2 aromatic rings. The quantitative estimate of drug-likeness (QED) is 0.799. The number of anilines is 2. The van der Waals surface area contributed by atoms with Crippen LogP contribution in [-0.4, -0.2) is 69.7 Å². The summed E-state index contributed by atoms with van der Waals surface area (Å²) in [6.07, 6.45) is 4.13. The van der Waals surface area contributed by atoms with E-state index >= 15 is 0 Å². The predicted octanol–water partition coefficient (Wildman–Crippen LogP) is 2.12. The molecule has 2 N–H and O–H groups in total. The summed E-state index contributed by atoms with van der Waals surface area (Å²) in [5.74, 6) is 1.15. The number of aromatic nitrogens is 3. The lowest BCUT2D eigenvalue weighted by atomic mass is 10.1. The molecule has 2 atom stereocenters. The summed E-state index contributed by atoms with van der Waals surface area (Å²) >= 11 is 0. The van der Waals surface area contributed by atoms with Crippen LogP contribution in [0, 0.1) is 0 Å². The molecule has 2 fully saturated rings. The summed E-state index contributed by atoms with van der Waals surface area (Å²) in [5, 5.41) is 0. The minimum atomic E-state index is -0.580. The number of fused-ring (bicyclic) bond motifs is 3. The van der Waals surface area contributed by atoms with E-state index in [0.717, 1.165) is 25.9 Å². The van der Waals surface area contributed by atoms with Crippen molar-refractivity contribution in [3.63, 3.8) is 0 Å². The smallest absolute Gasteiger partial charge is 0.261 e. The molecule has 5 rings (SSSR count). The Morgan fingerprint density at radius 2 is 1.94 bits per heavy atom. The molecule has 1 amide bonds. The van der Waals surface area contributed by atoms with Crippen molar-refractivity contribution in [2.24, 2.45) is 0 Å². The Bertz CT molecular complexity index is 997. The fourth-order valence-electron chi connectivity index (χ4n) is 4.61. The molecule has 5 heterocycles. The second-order valence-corrected chi connectivity index (χ2v) is 9.07. The van der Waals surface area contributed by atoms with Gasteiger partial charge in [0.1, 0.15) is 17.0 Å². The van der Waals surface area contributed by atoms with Crippen molar-refractivity contribution in [3.05, 3.63) is 23.9 Å². The number of likely N-dealkylation sites (N-methyl/N-ethyl adjacent to an activating group) is 1. The van der Waals surface area contributed by atoms with Crippen LogP contribution in [0.3, 0.4) is 0 Å². The van der Waals surface area contributed by atoms with E-state index < -0.39 is 5.60 Å². The largest absolute Gasteiger partial charge is 0.469 e. The van der Waals surface area contributed by atoms with Crippen LogP contribution in [0.25, 0.3) is 11.3 Å². The number of morpholine rings is 1. The summed E-state index contributed by atoms with van der Waals surface area (Å²) < 4.78 is 12.3. The second-order valence-electron chi connectivity index (χ2n) is 9.07. The Morgan fingerprint density at radius 3 is 2.58 bits per heavy atom. The molecule has 164 valence electrons. The number of amides is 1. The van der Waals surface area contributed by atoms with E-state index in [1.807, 2.05) is 26.8 Å². The highest BCUT2D eigenvalue weighted by Crippen LogP contribution is 2.37. The molecule has 2 unspecified atom stereocenters. The van der Waals surface area contributed by atoms with Crippen molar-refractivity contribution in [1.29, 1.82) is 0 Å². The van der Waals surface area contributed by atoms with Crippen LogP contribution in [0.15, 0.2) is 18.3 Å². The van der Waals surface area contributed by atoms with Gasteiger partial charge in [-0.05, 0) is 45.7 Å². The normalized spacial score (nSPS) is 24.5. The van der Waals surface area contributed by atoms with E-state index in [9.17, 15) is 4.79 Å². The molecule has 0 radical (unpaired) electrons. The maximum atomic E-state index is 13.5. The fourth-order valence-corrected chi connectivity index (χ4v) is 4.61. The Labute approximate surface area is 181 Å². The molecular formula is C22H28N6O3. The van der Waals surface area contributed by atoms with E-state index in [0.29, 0.717) is 47.6 Å². The summed E-state index contributed by atoms with van der Waals surface area (Å²) in [5.41, 5.74) is 6.81. The highest BCUT2D eigenvalue weighted by Gasteiger charge is 2.39. The first-order valence-corrected chi connectivity index (χ1v) is 10.9. The maximum Gasteiger partial charge on any atom is 0.261 e. The Balaban J connectivity index is 1.67. The van der Waals surface area contributed by atoms with Gasteiger partial charge in [0.2, 0.25) is 11.8 Å². The number of carbonyl (C=O) groups excluding carboxylic acids is 1. The van der Waals surface area contributed by atoms with Crippen molar-refractivity contribution in [2.75, 3.05) is 36.8 Å². The standard InChI is InChI=1S/C22H28N6O3/c1-4-27-12-22(2,3)31-19-17(20(27)29)18(13-5-8-16(23)24-9-13)25-21(26-19)28-10-14-6-7-15(11-28)30-14/h5,8-9,14-15H,4,6-7,10-12H2,1-3H3,(H2,23,24). The van der Waals surface area contributed by atoms with Crippen molar-refractivity contribution >= 4 is 17.7 Å². The van der Waals surface area contributed by atoms with Crippen molar-refractivity contribution in [1.82, 2.24) is 19.9 Å². The van der Waals surface area contributed by atoms with Crippen LogP contribution in [0.1, 0.15) is 44.0 Å². The number of rotatable bonds is 3. The van der Waals surface area contributed by atoms with Crippen LogP contribution < -0.4 is 15.4 Å². The monoisotopic (exact) mass is 424 g/mol. The number of pyridine rings is 1. The van der Waals surface area contributed by atoms with Crippen LogP contribution >= 0.6 is 0 Å². The van der Waals surface area contributed by atoms with Gasteiger partial charge in [0, 0.05) is 31.4 Å². The van der Waals surface area contributed by atoms with Gasteiger partial charge in [-0.1, -0.05) is 0 Å². The third-order valence-electron chi connectivity index (χ3n) is 6.08. The summed E-state index contributed by atoms with van der Waals surface area (Å²) in [7, 11) is 0. The second kappa shape index (κ2) is 7.33. The zero-order chi connectivity index (χ0) is 21.8. The summed E-state index contributed by atoms with van der Waals surface area (Å²) in [6.45, 7) is 8.40. The Morgan fingerprint density at radius 1 is 1.19 bits per heavy atom. The highest BCUT2D eigenvalue weighted by molar-refractivity contribution is 6.02. The van der Waals surface area contributed by atoms with Gasteiger partial charge in [-0.2, -0.15) is 4.98 Å². The first-order chi connectivity index (χ1) is 14.8. The number of nitrogens with two attached hydrogens (primary N) is 1. The topological polar surface area (TPSA) is 107 Å². The minimum absolute atomic E-state index is 0.136.